The van der Waals surface area contributed by atoms with Crippen LogP contribution in [0.3, 0.4) is 0 Å². The first-order valence-corrected chi connectivity index (χ1v) is 7.32. The van der Waals surface area contributed by atoms with Gasteiger partial charge in [0.1, 0.15) is 0 Å². The molecule has 0 aliphatic rings. The fourth-order valence-electron chi connectivity index (χ4n) is 1.69. The second-order valence-electron chi connectivity index (χ2n) is 3.89. The summed E-state index contributed by atoms with van der Waals surface area (Å²) in [5.41, 5.74) is 2.19. The molecule has 0 atom stereocenters. The Morgan fingerprint density at radius 3 is 3.11 bits per heavy atom. The monoisotopic (exact) mass is 322 g/mol. The molecule has 3 rings (SSSR count). The standard InChI is InChI=1S/C12H11BrN4S/c13-10-1-2-11-15-12(16-17(11)7-10)14-5-3-9-4-6-18-8-9/h1-2,4,6-8H,3,5H2,(H,14,16). The summed E-state index contributed by atoms with van der Waals surface area (Å²) in [7, 11) is 0. The molecule has 92 valence electrons. The van der Waals surface area contributed by atoms with Crippen LogP contribution in [0.15, 0.2) is 39.6 Å². The van der Waals surface area contributed by atoms with Crippen LogP contribution in [0.25, 0.3) is 5.65 Å². The number of hydrogen-bond donors (Lipinski definition) is 1. The highest BCUT2D eigenvalue weighted by Crippen LogP contribution is 2.12. The number of halogens is 1. The Hall–Kier alpha value is -1.40. The molecular formula is C12H11BrN4S. The first-order chi connectivity index (χ1) is 8.81. The number of thiophene rings is 1. The molecule has 18 heavy (non-hydrogen) atoms. The molecule has 0 bridgehead atoms. The number of fused-ring (bicyclic) bond motifs is 1. The van der Waals surface area contributed by atoms with Gasteiger partial charge in [-0.05, 0) is 56.9 Å². The molecule has 1 N–H and O–H groups in total. The smallest absolute Gasteiger partial charge is 0.243 e. The Morgan fingerprint density at radius 1 is 1.33 bits per heavy atom. The maximum atomic E-state index is 4.40. The lowest BCUT2D eigenvalue weighted by Gasteiger charge is -1.98. The number of pyridine rings is 1. The van der Waals surface area contributed by atoms with Crippen LogP contribution in [0, 0.1) is 0 Å². The second kappa shape index (κ2) is 5.07. The van der Waals surface area contributed by atoms with Crippen molar-refractivity contribution in [3.05, 3.63) is 45.2 Å². The van der Waals surface area contributed by atoms with E-state index in [2.05, 4.69) is 48.2 Å². The van der Waals surface area contributed by atoms with Gasteiger partial charge in [0.25, 0.3) is 0 Å². The minimum atomic E-state index is 0.670. The van der Waals surface area contributed by atoms with Crippen molar-refractivity contribution >= 4 is 38.9 Å². The number of nitrogens with one attached hydrogen (secondary N) is 1. The summed E-state index contributed by atoms with van der Waals surface area (Å²) in [6, 6.07) is 6.03. The van der Waals surface area contributed by atoms with E-state index in [9.17, 15) is 0 Å². The zero-order valence-corrected chi connectivity index (χ0v) is 11.9. The van der Waals surface area contributed by atoms with E-state index in [-0.39, 0.29) is 0 Å². The summed E-state index contributed by atoms with van der Waals surface area (Å²) in [5.74, 6) is 0.670. The third-order valence-electron chi connectivity index (χ3n) is 2.57. The predicted molar refractivity (Wildman–Crippen MR) is 77.2 cm³/mol. The van der Waals surface area contributed by atoms with Crippen molar-refractivity contribution < 1.29 is 0 Å². The number of aromatic nitrogens is 3. The van der Waals surface area contributed by atoms with Crippen molar-refractivity contribution in [1.29, 1.82) is 0 Å². The van der Waals surface area contributed by atoms with Gasteiger partial charge >= 0.3 is 0 Å². The average molecular weight is 323 g/mol. The molecule has 0 aliphatic carbocycles. The number of rotatable bonds is 4. The van der Waals surface area contributed by atoms with Crippen molar-refractivity contribution in [2.75, 3.05) is 11.9 Å². The van der Waals surface area contributed by atoms with Gasteiger partial charge in [0.05, 0.1) is 0 Å². The summed E-state index contributed by atoms with van der Waals surface area (Å²) in [6.45, 7) is 0.842. The third kappa shape index (κ3) is 2.54. The van der Waals surface area contributed by atoms with Crippen molar-refractivity contribution in [2.45, 2.75) is 6.42 Å². The van der Waals surface area contributed by atoms with Crippen molar-refractivity contribution in [2.24, 2.45) is 0 Å². The van der Waals surface area contributed by atoms with E-state index in [0.717, 1.165) is 23.1 Å². The molecule has 6 heteroatoms. The van der Waals surface area contributed by atoms with E-state index in [0.29, 0.717) is 5.95 Å². The fraction of sp³-hybridized carbons (Fsp3) is 0.167. The normalized spacial score (nSPS) is 10.9. The molecule has 3 aromatic rings. The molecule has 0 saturated carbocycles. The van der Waals surface area contributed by atoms with Crippen LogP contribution in [-0.4, -0.2) is 21.1 Å². The average Bonchev–Trinajstić information content (AvgIpc) is 2.97. The van der Waals surface area contributed by atoms with E-state index in [4.69, 9.17) is 0 Å². The summed E-state index contributed by atoms with van der Waals surface area (Å²) < 4.78 is 2.75. The Balaban J connectivity index is 1.67. The van der Waals surface area contributed by atoms with Gasteiger partial charge in [0, 0.05) is 17.2 Å². The fourth-order valence-corrected chi connectivity index (χ4v) is 2.72. The lowest BCUT2D eigenvalue weighted by molar-refractivity contribution is 0.935. The maximum Gasteiger partial charge on any atom is 0.243 e. The van der Waals surface area contributed by atoms with E-state index in [1.165, 1.54) is 5.56 Å². The highest BCUT2D eigenvalue weighted by atomic mass is 79.9. The van der Waals surface area contributed by atoms with Crippen LogP contribution in [-0.2, 0) is 6.42 Å². The number of nitrogens with zero attached hydrogens (tertiary/aromatic N) is 3. The molecule has 0 saturated heterocycles. The summed E-state index contributed by atoms with van der Waals surface area (Å²) in [4.78, 5) is 4.40. The highest BCUT2D eigenvalue weighted by molar-refractivity contribution is 9.10. The van der Waals surface area contributed by atoms with Gasteiger partial charge in [-0.3, -0.25) is 0 Å². The molecule has 3 heterocycles. The molecule has 0 unspecified atom stereocenters. The van der Waals surface area contributed by atoms with E-state index < -0.39 is 0 Å². The quantitative estimate of drug-likeness (QED) is 0.802. The molecule has 0 radical (unpaired) electrons. The van der Waals surface area contributed by atoms with Crippen LogP contribution < -0.4 is 5.32 Å². The zero-order valence-electron chi connectivity index (χ0n) is 9.51. The topological polar surface area (TPSA) is 42.2 Å². The minimum Gasteiger partial charge on any atom is -0.353 e. The van der Waals surface area contributed by atoms with Crippen molar-refractivity contribution in [3.63, 3.8) is 0 Å². The van der Waals surface area contributed by atoms with Crippen LogP contribution in [0.1, 0.15) is 5.56 Å². The summed E-state index contributed by atoms with van der Waals surface area (Å²) >= 11 is 5.14. The van der Waals surface area contributed by atoms with Crippen molar-refractivity contribution in [1.82, 2.24) is 14.6 Å². The van der Waals surface area contributed by atoms with Crippen molar-refractivity contribution in [3.8, 4) is 0 Å². The van der Waals surface area contributed by atoms with Gasteiger partial charge in [0.2, 0.25) is 5.95 Å². The third-order valence-corrected chi connectivity index (χ3v) is 3.77. The Bertz CT molecular complexity index is 647. The summed E-state index contributed by atoms with van der Waals surface area (Å²) in [6.07, 6.45) is 2.88. The van der Waals surface area contributed by atoms with E-state index in [1.54, 1.807) is 15.9 Å². The maximum absolute atomic E-state index is 4.40. The van der Waals surface area contributed by atoms with Gasteiger partial charge in [0.15, 0.2) is 5.65 Å². The molecule has 0 fully saturated rings. The highest BCUT2D eigenvalue weighted by Gasteiger charge is 2.03. The van der Waals surface area contributed by atoms with E-state index in [1.807, 2.05) is 18.3 Å². The SMILES string of the molecule is Brc1ccc2nc(NCCc3ccsc3)nn2c1. The molecule has 0 spiro atoms. The largest absolute Gasteiger partial charge is 0.353 e. The van der Waals surface area contributed by atoms with Crippen LogP contribution >= 0.6 is 27.3 Å². The van der Waals surface area contributed by atoms with Gasteiger partial charge < -0.3 is 5.32 Å². The van der Waals surface area contributed by atoms with Crippen LogP contribution in [0.4, 0.5) is 5.95 Å². The van der Waals surface area contributed by atoms with Crippen LogP contribution in [0.2, 0.25) is 0 Å². The van der Waals surface area contributed by atoms with Crippen LogP contribution in [0.5, 0.6) is 0 Å². The predicted octanol–water partition coefficient (Wildman–Crippen LogP) is 3.21. The first kappa shape index (κ1) is 11.7. The lowest BCUT2D eigenvalue weighted by Crippen LogP contribution is -2.05. The zero-order chi connectivity index (χ0) is 12.4. The molecule has 0 aromatic carbocycles. The second-order valence-corrected chi connectivity index (χ2v) is 5.59. The first-order valence-electron chi connectivity index (χ1n) is 5.58. The molecule has 0 aliphatic heterocycles. The van der Waals surface area contributed by atoms with Gasteiger partial charge in [-0.15, -0.1) is 5.10 Å². The molecule has 3 aromatic heterocycles. The molecule has 4 nitrogen and oxygen atoms in total. The number of hydrogen-bond acceptors (Lipinski definition) is 4. The Labute approximate surface area is 117 Å². The lowest BCUT2D eigenvalue weighted by atomic mass is 10.2. The molecule has 0 amide bonds. The minimum absolute atomic E-state index is 0.670. The Kier molecular flexibility index (Phi) is 3.29. The number of anilines is 1. The Morgan fingerprint density at radius 2 is 2.28 bits per heavy atom. The summed E-state index contributed by atoms with van der Waals surface area (Å²) in [5, 5.41) is 11.9. The van der Waals surface area contributed by atoms with E-state index >= 15 is 0 Å². The van der Waals surface area contributed by atoms with Gasteiger partial charge in [-0.25, -0.2) is 4.52 Å². The van der Waals surface area contributed by atoms with Gasteiger partial charge in [-0.2, -0.15) is 16.3 Å². The molecular weight excluding hydrogens is 312 g/mol. The van der Waals surface area contributed by atoms with Gasteiger partial charge in [-0.1, -0.05) is 0 Å².